The van der Waals surface area contributed by atoms with Crippen LogP contribution in [0, 0.1) is 0 Å². The van der Waals surface area contributed by atoms with E-state index in [0.29, 0.717) is 17.4 Å². The molecule has 0 fully saturated rings. The van der Waals surface area contributed by atoms with Gasteiger partial charge in [0.05, 0.1) is 17.8 Å². The van der Waals surface area contributed by atoms with Gasteiger partial charge in [-0.1, -0.05) is 25.1 Å². The standard InChI is InChI=1S/C24H22N4O3S/c1-2-9-28-20-10-15(7-8-21(20)31-13-23(28)30)19-14-32-24(26-19)27-22(29)11-16-12-25-18-6-4-3-5-17(16)18/h3-8,10,12,14,25H,2,9,11,13H2,1H3,(H,26,27,29). The average Bonchev–Trinajstić information content (AvgIpc) is 3.43. The third-order valence-corrected chi connectivity index (χ3v) is 6.18. The molecule has 7 nitrogen and oxygen atoms in total. The Balaban J connectivity index is 1.33. The first-order chi connectivity index (χ1) is 15.6. The number of anilines is 2. The predicted octanol–water partition coefficient (Wildman–Crippen LogP) is 4.61. The lowest BCUT2D eigenvalue weighted by Gasteiger charge is -2.29. The van der Waals surface area contributed by atoms with Crippen LogP contribution in [0.3, 0.4) is 0 Å². The van der Waals surface area contributed by atoms with Gasteiger partial charge >= 0.3 is 0 Å². The monoisotopic (exact) mass is 446 g/mol. The van der Waals surface area contributed by atoms with Crippen molar-refractivity contribution in [3.8, 4) is 17.0 Å². The fraction of sp³-hybridized carbons (Fsp3) is 0.208. The van der Waals surface area contributed by atoms with Gasteiger partial charge in [0, 0.05) is 34.6 Å². The number of nitrogens with one attached hydrogen (secondary N) is 2. The number of hydrogen-bond acceptors (Lipinski definition) is 5. The molecule has 3 heterocycles. The quantitative estimate of drug-likeness (QED) is 0.453. The third kappa shape index (κ3) is 3.85. The summed E-state index contributed by atoms with van der Waals surface area (Å²) < 4.78 is 5.57. The highest BCUT2D eigenvalue weighted by atomic mass is 32.1. The topological polar surface area (TPSA) is 87.3 Å². The first-order valence-electron chi connectivity index (χ1n) is 10.5. The number of thiazole rings is 1. The van der Waals surface area contributed by atoms with Gasteiger partial charge in [0.15, 0.2) is 11.7 Å². The molecule has 2 aromatic heterocycles. The molecule has 2 aromatic carbocycles. The number of ether oxygens (including phenoxy) is 1. The number of fused-ring (bicyclic) bond motifs is 2. The van der Waals surface area contributed by atoms with E-state index in [2.05, 4.69) is 15.3 Å². The molecule has 162 valence electrons. The highest BCUT2D eigenvalue weighted by Gasteiger charge is 2.25. The summed E-state index contributed by atoms with van der Waals surface area (Å²) in [6, 6.07) is 13.6. The molecule has 2 N–H and O–H groups in total. The Kier molecular flexibility index (Phi) is 5.36. The summed E-state index contributed by atoms with van der Waals surface area (Å²) in [5.74, 6) is 0.540. The SMILES string of the molecule is CCCN1C(=O)COc2ccc(-c3csc(NC(=O)Cc4c[nH]c5ccccc45)n3)cc21. The molecular weight excluding hydrogens is 424 g/mol. The Labute approximate surface area is 189 Å². The van der Waals surface area contributed by atoms with Crippen molar-refractivity contribution in [2.45, 2.75) is 19.8 Å². The number of aromatic nitrogens is 2. The van der Waals surface area contributed by atoms with Gasteiger partial charge in [0.1, 0.15) is 5.75 Å². The Morgan fingerprint density at radius 3 is 3.03 bits per heavy atom. The number of H-pyrrole nitrogens is 1. The molecule has 0 spiro atoms. The Hall–Kier alpha value is -3.65. The molecule has 0 radical (unpaired) electrons. The summed E-state index contributed by atoms with van der Waals surface area (Å²) in [6.45, 7) is 2.75. The summed E-state index contributed by atoms with van der Waals surface area (Å²) in [7, 11) is 0. The van der Waals surface area contributed by atoms with Crippen molar-refractivity contribution in [2.24, 2.45) is 0 Å². The zero-order valence-corrected chi connectivity index (χ0v) is 18.4. The van der Waals surface area contributed by atoms with Gasteiger partial charge < -0.3 is 19.9 Å². The van der Waals surface area contributed by atoms with E-state index in [1.165, 1.54) is 11.3 Å². The number of hydrogen-bond donors (Lipinski definition) is 2. The van der Waals surface area contributed by atoms with E-state index in [4.69, 9.17) is 4.74 Å². The fourth-order valence-corrected chi connectivity index (χ4v) is 4.64. The second-order valence-electron chi connectivity index (χ2n) is 7.64. The first kappa shape index (κ1) is 20.3. The fourth-order valence-electron chi connectivity index (χ4n) is 3.91. The molecule has 1 aliphatic heterocycles. The van der Waals surface area contributed by atoms with Crippen LogP contribution in [-0.4, -0.2) is 34.9 Å². The second-order valence-corrected chi connectivity index (χ2v) is 8.50. The van der Waals surface area contributed by atoms with E-state index >= 15 is 0 Å². The van der Waals surface area contributed by atoms with Crippen LogP contribution in [0.5, 0.6) is 5.75 Å². The number of amides is 2. The third-order valence-electron chi connectivity index (χ3n) is 5.42. The van der Waals surface area contributed by atoms with Crippen molar-refractivity contribution in [3.05, 3.63) is 59.6 Å². The number of rotatable bonds is 6. The van der Waals surface area contributed by atoms with Crippen molar-refractivity contribution in [3.63, 3.8) is 0 Å². The minimum Gasteiger partial charge on any atom is -0.482 e. The van der Waals surface area contributed by atoms with Crippen LogP contribution in [0.4, 0.5) is 10.8 Å². The molecule has 8 heteroatoms. The zero-order valence-electron chi connectivity index (χ0n) is 17.6. The molecule has 0 atom stereocenters. The lowest BCUT2D eigenvalue weighted by atomic mass is 10.1. The van der Waals surface area contributed by atoms with Crippen LogP contribution < -0.4 is 15.0 Å². The first-order valence-corrected chi connectivity index (χ1v) is 11.4. The minimum atomic E-state index is -0.116. The lowest BCUT2D eigenvalue weighted by Crippen LogP contribution is -2.39. The summed E-state index contributed by atoms with van der Waals surface area (Å²) in [6.07, 6.45) is 3.00. The van der Waals surface area contributed by atoms with Crippen LogP contribution >= 0.6 is 11.3 Å². The van der Waals surface area contributed by atoms with E-state index in [1.54, 1.807) is 4.90 Å². The largest absolute Gasteiger partial charge is 0.482 e. The molecule has 4 aromatic rings. The van der Waals surface area contributed by atoms with E-state index in [1.807, 2.05) is 61.0 Å². The van der Waals surface area contributed by atoms with Gasteiger partial charge in [-0.05, 0) is 36.2 Å². The maximum atomic E-state index is 12.6. The molecule has 1 aliphatic rings. The number of benzene rings is 2. The highest BCUT2D eigenvalue weighted by Crippen LogP contribution is 2.37. The van der Waals surface area contributed by atoms with Crippen LogP contribution in [-0.2, 0) is 16.0 Å². The van der Waals surface area contributed by atoms with Crippen LogP contribution in [0.25, 0.3) is 22.2 Å². The molecule has 0 saturated carbocycles. The van der Waals surface area contributed by atoms with Crippen LogP contribution in [0.1, 0.15) is 18.9 Å². The Morgan fingerprint density at radius 1 is 1.28 bits per heavy atom. The molecular formula is C24H22N4O3S. The Morgan fingerprint density at radius 2 is 2.16 bits per heavy atom. The number of nitrogens with zero attached hydrogens (tertiary/aromatic N) is 2. The van der Waals surface area contributed by atoms with Gasteiger partial charge in [-0.2, -0.15) is 0 Å². The normalized spacial score (nSPS) is 13.2. The Bertz CT molecular complexity index is 1310. The predicted molar refractivity (Wildman–Crippen MR) is 126 cm³/mol. The summed E-state index contributed by atoms with van der Waals surface area (Å²) in [4.78, 5) is 34.4. The summed E-state index contributed by atoms with van der Waals surface area (Å²) in [5, 5.41) is 6.39. The maximum Gasteiger partial charge on any atom is 0.265 e. The number of carbonyl (C=O) groups excluding carboxylic acids is 2. The van der Waals surface area contributed by atoms with Crippen molar-refractivity contribution in [2.75, 3.05) is 23.4 Å². The lowest BCUT2D eigenvalue weighted by molar-refractivity contribution is -0.121. The second kappa shape index (κ2) is 8.47. The van der Waals surface area contributed by atoms with E-state index in [0.717, 1.165) is 39.8 Å². The van der Waals surface area contributed by atoms with Crippen LogP contribution in [0.2, 0.25) is 0 Å². The van der Waals surface area contributed by atoms with Crippen molar-refractivity contribution in [1.29, 1.82) is 0 Å². The number of para-hydroxylation sites is 1. The number of aromatic amines is 1. The van der Waals surface area contributed by atoms with Gasteiger partial charge in [0.25, 0.3) is 5.91 Å². The zero-order chi connectivity index (χ0) is 22.1. The van der Waals surface area contributed by atoms with Crippen molar-refractivity contribution in [1.82, 2.24) is 9.97 Å². The molecule has 0 unspecified atom stereocenters. The highest BCUT2D eigenvalue weighted by molar-refractivity contribution is 7.14. The van der Waals surface area contributed by atoms with Crippen molar-refractivity contribution >= 4 is 44.9 Å². The van der Waals surface area contributed by atoms with E-state index in [-0.39, 0.29) is 24.8 Å². The maximum absolute atomic E-state index is 12.6. The molecule has 32 heavy (non-hydrogen) atoms. The number of carbonyl (C=O) groups is 2. The minimum absolute atomic E-state index is 0.0417. The van der Waals surface area contributed by atoms with E-state index in [9.17, 15) is 9.59 Å². The molecule has 0 aliphatic carbocycles. The molecule has 0 saturated heterocycles. The molecule has 2 amide bonds. The summed E-state index contributed by atoms with van der Waals surface area (Å²) in [5.41, 5.74) is 4.34. The van der Waals surface area contributed by atoms with Gasteiger partial charge in [-0.15, -0.1) is 11.3 Å². The van der Waals surface area contributed by atoms with Crippen molar-refractivity contribution < 1.29 is 14.3 Å². The van der Waals surface area contributed by atoms with Gasteiger partial charge in [0.2, 0.25) is 5.91 Å². The molecule has 0 bridgehead atoms. The summed E-state index contributed by atoms with van der Waals surface area (Å²) >= 11 is 1.38. The van der Waals surface area contributed by atoms with Gasteiger partial charge in [-0.3, -0.25) is 9.59 Å². The average molecular weight is 447 g/mol. The smallest absolute Gasteiger partial charge is 0.265 e. The molecule has 5 rings (SSSR count). The van der Waals surface area contributed by atoms with Crippen LogP contribution in [0.15, 0.2) is 54.0 Å². The van der Waals surface area contributed by atoms with Gasteiger partial charge in [-0.25, -0.2) is 4.98 Å². The van der Waals surface area contributed by atoms with E-state index < -0.39 is 0 Å².